The van der Waals surface area contributed by atoms with E-state index in [0.29, 0.717) is 17.5 Å². The molecule has 0 saturated heterocycles. The molecule has 9 heteroatoms. The van der Waals surface area contributed by atoms with Gasteiger partial charge in [0.25, 0.3) is 0 Å². The molecule has 1 N–H and O–H groups in total. The second kappa shape index (κ2) is 7.64. The van der Waals surface area contributed by atoms with Crippen molar-refractivity contribution < 1.29 is 18.3 Å². The van der Waals surface area contributed by atoms with Crippen LogP contribution in [0.15, 0.2) is 51.8 Å². The Morgan fingerprint density at radius 2 is 1.83 bits per heavy atom. The molecule has 3 aromatic rings. The van der Waals surface area contributed by atoms with Crippen LogP contribution >= 0.6 is 15.9 Å². The fraction of sp³-hybridized carbons (Fsp3) is 0.238. The Hall–Kier alpha value is -2.49. The first kappa shape index (κ1) is 20.8. The summed E-state index contributed by atoms with van der Waals surface area (Å²) in [5.74, 6) is -1.17. The largest absolute Gasteiger partial charge is 0.476 e. The van der Waals surface area contributed by atoms with Gasteiger partial charge < -0.3 is 5.11 Å². The normalized spacial score (nSPS) is 14.5. The first-order valence-electron chi connectivity index (χ1n) is 9.36. The smallest absolute Gasteiger partial charge is 0.356 e. The van der Waals surface area contributed by atoms with Gasteiger partial charge in [-0.05, 0) is 55.3 Å². The number of hydrogen-bond donors (Lipinski definition) is 1. The van der Waals surface area contributed by atoms with Gasteiger partial charge in [0.2, 0.25) is 10.0 Å². The minimum Gasteiger partial charge on any atom is -0.476 e. The van der Waals surface area contributed by atoms with Crippen LogP contribution in [-0.4, -0.2) is 40.1 Å². The van der Waals surface area contributed by atoms with Crippen LogP contribution in [0, 0.1) is 13.8 Å². The maximum absolute atomic E-state index is 13.3. The predicted octanol–water partition coefficient (Wildman–Crippen LogP) is 3.70. The molecule has 0 saturated carbocycles. The van der Waals surface area contributed by atoms with Crippen LogP contribution in [0.25, 0.3) is 5.69 Å². The van der Waals surface area contributed by atoms with Crippen molar-refractivity contribution in [1.82, 2.24) is 14.1 Å². The van der Waals surface area contributed by atoms with Crippen molar-refractivity contribution in [3.8, 4) is 5.69 Å². The summed E-state index contributed by atoms with van der Waals surface area (Å²) >= 11 is 3.39. The van der Waals surface area contributed by atoms with Gasteiger partial charge in [-0.15, -0.1) is 0 Å². The van der Waals surface area contributed by atoms with E-state index in [1.807, 2.05) is 37.3 Å². The topological polar surface area (TPSA) is 92.5 Å². The molecule has 2 heterocycles. The summed E-state index contributed by atoms with van der Waals surface area (Å²) in [7, 11) is -3.76. The highest BCUT2D eigenvalue weighted by molar-refractivity contribution is 9.10. The Balaban J connectivity index is 1.77. The zero-order valence-electron chi connectivity index (χ0n) is 16.5. The molecule has 30 heavy (non-hydrogen) atoms. The Kier molecular flexibility index (Phi) is 5.29. The average Bonchev–Trinajstić information content (AvgIpc) is 3.09. The molecule has 0 bridgehead atoms. The van der Waals surface area contributed by atoms with Crippen molar-refractivity contribution in [3.63, 3.8) is 0 Å². The third-order valence-electron chi connectivity index (χ3n) is 5.26. The Bertz CT molecular complexity index is 1250. The number of carboxylic acid groups (broad SMARTS) is 1. The van der Waals surface area contributed by atoms with Crippen molar-refractivity contribution in [2.24, 2.45) is 0 Å². The van der Waals surface area contributed by atoms with Gasteiger partial charge in [-0.1, -0.05) is 28.1 Å². The van der Waals surface area contributed by atoms with Crippen LogP contribution in [0.1, 0.15) is 32.9 Å². The first-order valence-corrected chi connectivity index (χ1v) is 11.6. The molecule has 1 aliphatic rings. The van der Waals surface area contributed by atoms with Gasteiger partial charge in [-0.25, -0.2) is 17.9 Å². The van der Waals surface area contributed by atoms with Gasteiger partial charge in [0.05, 0.1) is 16.3 Å². The minimum atomic E-state index is -3.76. The molecule has 0 amide bonds. The van der Waals surface area contributed by atoms with E-state index in [2.05, 4.69) is 21.0 Å². The fourth-order valence-corrected chi connectivity index (χ4v) is 5.67. The first-order chi connectivity index (χ1) is 14.2. The van der Waals surface area contributed by atoms with E-state index in [4.69, 9.17) is 0 Å². The molecule has 0 radical (unpaired) electrons. The number of aromatic carboxylic acids is 1. The summed E-state index contributed by atoms with van der Waals surface area (Å²) < 4.78 is 30.5. The number of benzene rings is 2. The highest BCUT2D eigenvalue weighted by Crippen LogP contribution is 2.30. The van der Waals surface area contributed by atoms with E-state index in [9.17, 15) is 18.3 Å². The number of rotatable bonds is 4. The van der Waals surface area contributed by atoms with E-state index >= 15 is 0 Å². The summed E-state index contributed by atoms with van der Waals surface area (Å²) in [5.41, 5.74) is 3.29. The number of nitrogens with zero attached hydrogens (tertiary/aromatic N) is 3. The van der Waals surface area contributed by atoms with Crippen molar-refractivity contribution in [2.45, 2.75) is 31.7 Å². The van der Waals surface area contributed by atoms with Crippen LogP contribution in [0.2, 0.25) is 0 Å². The number of hydrogen-bond acceptors (Lipinski definition) is 4. The van der Waals surface area contributed by atoms with E-state index in [0.717, 1.165) is 21.4 Å². The Morgan fingerprint density at radius 1 is 1.13 bits per heavy atom. The van der Waals surface area contributed by atoms with Gasteiger partial charge in [0, 0.05) is 29.5 Å². The maximum atomic E-state index is 13.3. The lowest BCUT2D eigenvalue weighted by atomic mass is 10.1. The number of sulfonamides is 1. The summed E-state index contributed by atoms with van der Waals surface area (Å²) in [6.45, 7) is 3.83. The zero-order valence-corrected chi connectivity index (χ0v) is 18.9. The molecule has 2 aromatic carbocycles. The van der Waals surface area contributed by atoms with Gasteiger partial charge in [-0.3, -0.25) is 0 Å². The number of aromatic nitrogens is 2. The molecule has 1 aliphatic heterocycles. The molecule has 0 spiro atoms. The molecular formula is C21H20BrN3O4S. The van der Waals surface area contributed by atoms with Gasteiger partial charge in [-0.2, -0.15) is 9.40 Å². The quantitative estimate of drug-likeness (QED) is 0.602. The van der Waals surface area contributed by atoms with Crippen molar-refractivity contribution in [2.75, 3.05) is 6.54 Å². The number of aryl methyl sites for hydroxylation is 2. The van der Waals surface area contributed by atoms with E-state index < -0.39 is 16.0 Å². The average molecular weight is 490 g/mol. The standard InChI is InChI=1S/C21H20BrN3O4S/c1-13-3-4-14(2)19(11-13)30(28,29)24-10-9-18-17(12-24)20(21(26)27)23-25(18)16-7-5-15(22)6-8-16/h3-8,11H,9-10,12H2,1-2H3,(H,26,27). The number of halogens is 1. The van der Waals surface area contributed by atoms with Crippen LogP contribution < -0.4 is 0 Å². The lowest BCUT2D eigenvalue weighted by Gasteiger charge is -2.27. The number of carbonyl (C=O) groups is 1. The molecule has 4 rings (SSSR count). The maximum Gasteiger partial charge on any atom is 0.356 e. The highest BCUT2D eigenvalue weighted by Gasteiger charge is 2.35. The lowest BCUT2D eigenvalue weighted by Crippen LogP contribution is -2.37. The van der Waals surface area contributed by atoms with Crippen LogP contribution in [0.5, 0.6) is 0 Å². The summed E-state index contributed by atoms with van der Waals surface area (Å²) in [5, 5.41) is 14.0. The van der Waals surface area contributed by atoms with Crippen molar-refractivity contribution >= 4 is 31.9 Å². The molecule has 0 fully saturated rings. The molecule has 1 aromatic heterocycles. The van der Waals surface area contributed by atoms with E-state index in [-0.39, 0.29) is 23.7 Å². The van der Waals surface area contributed by atoms with E-state index in [1.54, 1.807) is 23.7 Å². The van der Waals surface area contributed by atoms with Gasteiger partial charge in [0.15, 0.2) is 5.69 Å². The minimum absolute atomic E-state index is 0.0246. The van der Waals surface area contributed by atoms with Gasteiger partial charge in [0.1, 0.15) is 0 Å². The Morgan fingerprint density at radius 3 is 2.50 bits per heavy atom. The summed E-state index contributed by atoms with van der Waals surface area (Å²) in [6.07, 6.45) is 0.371. The van der Waals surface area contributed by atoms with E-state index in [1.165, 1.54) is 4.31 Å². The molecule has 0 unspecified atom stereocenters. The molecular weight excluding hydrogens is 470 g/mol. The van der Waals surface area contributed by atoms with Crippen LogP contribution in [0.4, 0.5) is 0 Å². The third kappa shape index (κ3) is 3.57. The van der Waals surface area contributed by atoms with Crippen molar-refractivity contribution in [3.05, 3.63) is 75.0 Å². The second-order valence-corrected chi connectivity index (χ2v) is 10.1. The third-order valence-corrected chi connectivity index (χ3v) is 7.77. The monoisotopic (exact) mass is 489 g/mol. The number of carboxylic acids is 1. The summed E-state index contributed by atoms with van der Waals surface area (Å²) in [4.78, 5) is 12.1. The lowest BCUT2D eigenvalue weighted by molar-refractivity contribution is 0.0688. The SMILES string of the molecule is Cc1ccc(C)c(S(=O)(=O)N2CCc3c(c(C(=O)O)nn3-c3ccc(Br)cc3)C2)c1. The zero-order chi connectivity index (χ0) is 21.6. The fourth-order valence-electron chi connectivity index (χ4n) is 3.69. The van der Waals surface area contributed by atoms with Crippen LogP contribution in [-0.2, 0) is 23.0 Å². The van der Waals surface area contributed by atoms with Crippen LogP contribution in [0.3, 0.4) is 0 Å². The highest BCUT2D eigenvalue weighted by atomic mass is 79.9. The molecule has 0 aliphatic carbocycles. The van der Waals surface area contributed by atoms with Gasteiger partial charge >= 0.3 is 5.97 Å². The second-order valence-electron chi connectivity index (χ2n) is 7.32. The summed E-state index contributed by atoms with van der Waals surface area (Å²) in [6, 6.07) is 12.7. The molecule has 156 valence electrons. The molecule has 7 nitrogen and oxygen atoms in total. The molecule has 0 atom stereocenters. The number of fused-ring (bicyclic) bond motifs is 1. The Labute approximate surface area is 183 Å². The van der Waals surface area contributed by atoms with Crippen molar-refractivity contribution in [1.29, 1.82) is 0 Å². The predicted molar refractivity (Wildman–Crippen MR) is 115 cm³/mol.